The number of amides is 1. The van der Waals surface area contributed by atoms with Gasteiger partial charge in [-0.25, -0.2) is 4.98 Å². The number of thioether (sulfide) groups is 1. The number of nitrogens with one attached hydrogen (secondary N) is 2. The van der Waals surface area contributed by atoms with E-state index < -0.39 is 0 Å². The Morgan fingerprint density at radius 2 is 1.91 bits per heavy atom. The molecule has 3 aromatic rings. The zero-order chi connectivity index (χ0) is 22.9. The minimum absolute atomic E-state index is 0.0284. The van der Waals surface area contributed by atoms with Gasteiger partial charge >= 0.3 is 0 Å². The average molecular weight is 474 g/mol. The highest BCUT2D eigenvalue weighted by Crippen LogP contribution is 2.27. The third kappa shape index (κ3) is 7.03. The topological polar surface area (TPSA) is 93.3 Å². The van der Waals surface area contributed by atoms with Gasteiger partial charge in [0.15, 0.2) is 16.7 Å². The van der Waals surface area contributed by atoms with E-state index in [-0.39, 0.29) is 17.9 Å². The van der Waals surface area contributed by atoms with Crippen molar-refractivity contribution >= 4 is 29.3 Å². The minimum atomic E-state index is -0.290. The second kappa shape index (κ2) is 11.6. The number of hydrogen-bond donors (Lipinski definition) is 2. The Morgan fingerprint density at radius 3 is 2.66 bits per heavy atom. The maximum atomic E-state index is 12.3. The molecule has 1 amide bonds. The molecule has 2 aromatic carbocycles. The number of nitrogens with zero attached hydrogens (tertiary/aromatic N) is 1. The highest BCUT2D eigenvalue weighted by molar-refractivity contribution is 7.98. The molecule has 0 atom stereocenters. The normalized spacial score (nSPS) is 10.6. The fraction of sp³-hybridized carbons (Fsp3) is 0.261. The smallest absolute Gasteiger partial charge is 0.251 e. The van der Waals surface area contributed by atoms with E-state index in [0.29, 0.717) is 46.1 Å². The highest BCUT2D eigenvalue weighted by Gasteiger charge is 2.09. The summed E-state index contributed by atoms with van der Waals surface area (Å²) in [5, 5.41) is 3.98. The van der Waals surface area contributed by atoms with Gasteiger partial charge in [0.25, 0.3) is 5.56 Å². The van der Waals surface area contributed by atoms with Crippen LogP contribution in [0.1, 0.15) is 16.8 Å². The third-order valence-corrected chi connectivity index (χ3v) is 5.74. The molecule has 0 unspecified atom stereocenters. The summed E-state index contributed by atoms with van der Waals surface area (Å²) in [4.78, 5) is 31.4. The van der Waals surface area contributed by atoms with Crippen molar-refractivity contribution in [3.63, 3.8) is 0 Å². The number of carbonyl (C=O) groups is 1. The molecule has 0 bridgehead atoms. The molecule has 32 heavy (non-hydrogen) atoms. The van der Waals surface area contributed by atoms with Crippen molar-refractivity contribution in [3.8, 4) is 11.5 Å². The number of benzene rings is 2. The van der Waals surface area contributed by atoms with Crippen LogP contribution < -0.4 is 20.3 Å². The molecule has 0 aliphatic heterocycles. The van der Waals surface area contributed by atoms with E-state index in [1.807, 2.05) is 36.4 Å². The quantitative estimate of drug-likeness (QED) is 0.345. The van der Waals surface area contributed by atoms with Crippen LogP contribution in [0.5, 0.6) is 11.5 Å². The van der Waals surface area contributed by atoms with E-state index in [1.165, 1.54) is 17.8 Å². The summed E-state index contributed by atoms with van der Waals surface area (Å²) in [5.41, 5.74) is 2.16. The van der Waals surface area contributed by atoms with Crippen molar-refractivity contribution in [3.05, 3.63) is 80.7 Å². The van der Waals surface area contributed by atoms with Crippen molar-refractivity contribution in [2.75, 3.05) is 20.8 Å². The average Bonchev–Trinajstić information content (AvgIpc) is 2.77. The van der Waals surface area contributed by atoms with Crippen molar-refractivity contribution in [1.82, 2.24) is 15.3 Å². The largest absolute Gasteiger partial charge is 0.493 e. The monoisotopic (exact) mass is 473 g/mol. The lowest BCUT2D eigenvalue weighted by atomic mass is 10.1. The van der Waals surface area contributed by atoms with Gasteiger partial charge in [0.05, 0.1) is 26.3 Å². The molecule has 3 rings (SSSR count). The number of H-pyrrole nitrogens is 1. The van der Waals surface area contributed by atoms with Gasteiger partial charge in [0, 0.05) is 23.4 Å². The van der Waals surface area contributed by atoms with Gasteiger partial charge in [-0.15, -0.1) is 0 Å². The Bertz CT molecular complexity index is 1140. The molecule has 0 saturated carbocycles. The number of methoxy groups -OCH3 is 2. The van der Waals surface area contributed by atoms with Crippen LogP contribution in [0.4, 0.5) is 0 Å². The number of carbonyl (C=O) groups excluding carboxylic acids is 1. The molecule has 168 valence electrons. The first-order valence-electron chi connectivity index (χ1n) is 9.92. The molecule has 0 aliphatic rings. The molecule has 7 nitrogen and oxygen atoms in total. The summed E-state index contributed by atoms with van der Waals surface area (Å²) < 4.78 is 10.5. The summed E-state index contributed by atoms with van der Waals surface area (Å²) in [5.74, 6) is 1.70. The predicted octanol–water partition coefficient (Wildman–Crippen LogP) is 3.63. The van der Waals surface area contributed by atoms with E-state index >= 15 is 0 Å². The first kappa shape index (κ1) is 23.7. The molecule has 2 N–H and O–H groups in total. The fourth-order valence-electron chi connectivity index (χ4n) is 3.03. The lowest BCUT2D eigenvalue weighted by Crippen LogP contribution is -2.28. The molecular weight excluding hydrogens is 450 g/mol. The predicted molar refractivity (Wildman–Crippen MR) is 126 cm³/mol. The molecular formula is C23H24ClN3O4S. The number of aromatic amines is 1. The number of aromatic nitrogens is 2. The van der Waals surface area contributed by atoms with Gasteiger partial charge in [-0.2, -0.15) is 0 Å². The van der Waals surface area contributed by atoms with E-state index in [4.69, 9.17) is 21.1 Å². The summed E-state index contributed by atoms with van der Waals surface area (Å²) in [6.07, 6.45) is 0.663. The summed E-state index contributed by atoms with van der Waals surface area (Å²) in [6.45, 7) is 0.452. The Labute approximate surface area is 195 Å². The van der Waals surface area contributed by atoms with Gasteiger partial charge < -0.3 is 19.8 Å². The third-order valence-electron chi connectivity index (χ3n) is 4.56. The maximum absolute atomic E-state index is 12.3. The second-order valence-electron chi connectivity index (χ2n) is 6.93. The van der Waals surface area contributed by atoms with Crippen molar-refractivity contribution in [2.45, 2.75) is 23.8 Å². The van der Waals surface area contributed by atoms with Crippen molar-refractivity contribution in [1.29, 1.82) is 0 Å². The fourth-order valence-corrected chi connectivity index (χ4v) is 4.08. The van der Waals surface area contributed by atoms with Crippen LogP contribution in [-0.2, 0) is 23.4 Å². The van der Waals surface area contributed by atoms with Gasteiger partial charge in [0.1, 0.15) is 0 Å². The minimum Gasteiger partial charge on any atom is -0.493 e. The van der Waals surface area contributed by atoms with Crippen LogP contribution in [0.25, 0.3) is 0 Å². The number of hydrogen-bond acceptors (Lipinski definition) is 6. The lowest BCUT2D eigenvalue weighted by molar-refractivity contribution is -0.120. The van der Waals surface area contributed by atoms with Crippen molar-refractivity contribution < 1.29 is 14.3 Å². The highest BCUT2D eigenvalue weighted by atomic mass is 35.5. The van der Waals surface area contributed by atoms with Crippen molar-refractivity contribution in [2.24, 2.45) is 0 Å². The SMILES string of the molecule is COc1ccc(CCNC(=O)Cc2cc(=O)[nH]c(SCc3cccc(Cl)c3)n2)cc1OC. The van der Waals surface area contributed by atoms with Gasteiger partial charge in [-0.3, -0.25) is 9.59 Å². The molecule has 0 aliphatic carbocycles. The number of ether oxygens (including phenoxy) is 2. The Kier molecular flexibility index (Phi) is 8.58. The molecule has 0 spiro atoms. The van der Waals surface area contributed by atoms with Gasteiger partial charge in [0.2, 0.25) is 5.91 Å². The number of halogens is 1. The van der Waals surface area contributed by atoms with Crippen LogP contribution in [0.15, 0.2) is 58.5 Å². The van der Waals surface area contributed by atoms with E-state index in [2.05, 4.69) is 15.3 Å². The van der Waals surface area contributed by atoms with Crippen LogP contribution in [0.3, 0.4) is 0 Å². The zero-order valence-corrected chi connectivity index (χ0v) is 19.4. The van der Waals surface area contributed by atoms with Gasteiger partial charge in [-0.05, 0) is 41.8 Å². The first-order valence-corrected chi connectivity index (χ1v) is 11.3. The Balaban J connectivity index is 1.53. The Morgan fingerprint density at radius 1 is 1.09 bits per heavy atom. The lowest BCUT2D eigenvalue weighted by Gasteiger charge is -2.10. The van der Waals surface area contributed by atoms with E-state index in [9.17, 15) is 9.59 Å². The maximum Gasteiger partial charge on any atom is 0.251 e. The summed E-state index contributed by atoms with van der Waals surface area (Å²) >= 11 is 7.38. The molecule has 1 aromatic heterocycles. The summed E-state index contributed by atoms with van der Waals surface area (Å²) in [7, 11) is 3.17. The second-order valence-corrected chi connectivity index (χ2v) is 8.33. The summed E-state index contributed by atoms with van der Waals surface area (Å²) in [6, 6.07) is 14.5. The van der Waals surface area contributed by atoms with Crippen LogP contribution >= 0.6 is 23.4 Å². The van der Waals surface area contributed by atoms with Crippen LogP contribution in [-0.4, -0.2) is 36.6 Å². The molecule has 0 fully saturated rings. The number of rotatable bonds is 10. The molecule has 1 heterocycles. The molecule has 9 heteroatoms. The zero-order valence-electron chi connectivity index (χ0n) is 17.8. The molecule has 0 radical (unpaired) electrons. The Hall–Kier alpha value is -2.97. The standard InChI is InChI=1S/C23H24ClN3O4S/c1-30-19-7-6-15(11-20(19)31-2)8-9-25-21(28)12-18-13-22(29)27-23(26-18)32-14-16-4-3-5-17(24)10-16/h3-7,10-11,13H,8-9,12,14H2,1-2H3,(H,25,28)(H,26,27,29). The van der Waals surface area contributed by atoms with E-state index in [1.54, 1.807) is 20.3 Å². The first-order chi connectivity index (χ1) is 15.5. The van der Waals surface area contributed by atoms with E-state index in [0.717, 1.165) is 11.1 Å². The van der Waals surface area contributed by atoms with Crippen LogP contribution in [0, 0.1) is 0 Å². The van der Waals surface area contributed by atoms with Gasteiger partial charge in [-0.1, -0.05) is 41.6 Å². The molecule has 0 saturated heterocycles. The van der Waals surface area contributed by atoms with Crippen LogP contribution in [0.2, 0.25) is 5.02 Å².